The molecule has 2 aromatic carbocycles. The predicted molar refractivity (Wildman–Crippen MR) is 67.2 cm³/mol. The van der Waals surface area contributed by atoms with E-state index >= 15 is 0 Å². The molecule has 0 saturated heterocycles. The molecule has 0 unspecified atom stereocenters. The third-order valence-corrected chi connectivity index (χ3v) is 3.13. The summed E-state index contributed by atoms with van der Waals surface area (Å²) in [4.78, 5) is 10.6. The Morgan fingerprint density at radius 1 is 1.06 bits per heavy atom. The van der Waals surface area contributed by atoms with Crippen molar-refractivity contribution in [2.24, 2.45) is 0 Å². The van der Waals surface area contributed by atoms with E-state index in [9.17, 15) is 9.18 Å². The maximum atomic E-state index is 13.9. The molecule has 0 amide bonds. The first-order valence-corrected chi connectivity index (χ1v) is 5.58. The fraction of sp³-hybridized carbons (Fsp3) is 0. The van der Waals surface area contributed by atoms with E-state index in [2.05, 4.69) is 0 Å². The second-order valence-electron chi connectivity index (χ2n) is 3.46. The van der Waals surface area contributed by atoms with Crippen molar-refractivity contribution in [2.75, 3.05) is 0 Å². The number of carbonyl (C=O) groups excluding carboxylic acids is 1. The number of halogens is 3. The molecule has 4 heteroatoms. The molecule has 0 aliphatic carbocycles. The van der Waals surface area contributed by atoms with Crippen LogP contribution in [0.25, 0.3) is 11.1 Å². The van der Waals surface area contributed by atoms with Gasteiger partial charge < -0.3 is 0 Å². The van der Waals surface area contributed by atoms with E-state index in [4.69, 9.17) is 23.2 Å². The van der Waals surface area contributed by atoms with Crippen LogP contribution >= 0.6 is 23.2 Å². The minimum absolute atomic E-state index is 0.0218. The number of hydrogen-bond acceptors (Lipinski definition) is 1. The lowest BCUT2D eigenvalue weighted by molar-refractivity contribution is 0.112. The molecule has 0 atom stereocenters. The number of benzene rings is 2. The Morgan fingerprint density at radius 2 is 1.82 bits per heavy atom. The van der Waals surface area contributed by atoms with E-state index in [-0.39, 0.29) is 5.56 Å². The maximum absolute atomic E-state index is 13.9. The van der Waals surface area contributed by atoms with Crippen molar-refractivity contribution in [3.05, 3.63) is 57.8 Å². The molecular weight excluding hydrogens is 262 g/mol. The van der Waals surface area contributed by atoms with Gasteiger partial charge in [-0.2, -0.15) is 0 Å². The first kappa shape index (κ1) is 12.1. The number of rotatable bonds is 2. The Balaban J connectivity index is 2.60. The zero-order chi connectivity index (χ0) is 12.4. The molecule has 0 spiro atoms. The van der Waals surface area contributed by atoms with Crippen LogP contribution in [0.1, 0.15) is 10.4 Å². The molecule has 0 radical (unpaired) electrons. The number of aldehydes is 1. The highest BCUT2D eigenvalue weighted by atomic mass is 35.5. The average Bonchev–Trinajstić information content (AvgIpc) is 2.33. The van der Waals surface area contributed by atoms with E-state index < -0.39 is 5.82 Å². The maximum Gasteiger partial charge on any atom is 0.153 e. The minimum Gasteiger partial charge on any atom is -0.298 e. The van der Waals surface area contributed by atoms with Crippen LogP contribution in [0.3, 0.4) is 0 Å². The molecule has 0 fully saturated rings. The summed E-state index contributed by atoms with van der Waals surface area (Å²) in [7, 11) is 0. The molecule has 0 aromatic heterocycles. The molecule has 0 N–H and O–H groups in total. The second-order valence-corrected chi connectivity index (χ2v) is 4.27. The van der Waals surface area contributed by atoms with Crippen LogP contribution < -0.4 is 0 Å². The Morgan fingerprint density at radius 3 is 2.47 bits per heavy atom. The quantitative estimate of drug-likeness (QED) is 0.727. The van der Waals surface area contributed by atoms with Gasteiger partial charge in [0.15, 0.2) is 6.29 Å². The predicted octanol–water partition coefficient (Wildman–Crippen LogP) is 4.61. The zero-order valence-electron chi connectivity index (χ0n) is 8.58. The van der Waals surface area contributed by atoms with E-state index in [1.807, 2.05) is 0 Å². The summed E-state index contributed by atoms with van der Waals surface area (Å²) in [5, 5.41) is 0.752. The number of hydrogen-bond donors (Lipinski definition) is 0. The van der Waals surface area contributed by atoms with Crippen LogP contribution in [0, 0.1) is 5.82 Å². The van der Waals surface area contributed by atoms with Gasteiger partial charge in [-0.25, -0.2) is 4.39 Å². The van der Waals surface area contributed by atoms with E-state index in [1.54, 1.807) is 30.3 Å². The summed E-state index contributed by atoms with van der Waals surface area (Å²) in [6, 6.07) is 9.43. The number of carbonyl (C=O) groups is 1. The van der Waals surface area contributed by atoms with Crippen LogP contribution in [-0.4, -0.2) is 6.29 Å². The van der Waals surface area contributed by atoms with Crippen LogP contribution in [0.5, 0.6) is 0 Å². The largest absolute Gasteiger partial charge is 0.298 e. The Bertz CT molecular complexity index is 582. The molecule has 86 valence electrons. The van der Waals surface area contributed by atoms with Gasteiger partial charge in [0.25, 0.3) is 0 Å². The summed E-state index contributed by atoms with van der Waals surface area (Å²) in [6.45, 7) is 0. The van der Waals surface area contributed by atoms with Crippen molar-refractivity contribution in [2.45, 2.75) is 0 Å². The standard InChI is InChI=1S/C13H7Cl2FO/c14-11-5-4-8(6-12(11)15)10-3-1-2-9(7-17)13(10)16/h1-7H. The Kier molecular flexibility index (Phi) is 3.46. The Hall–Kier alpha value is -1.38. The van der Waals surface area contributed by atoms with Crippen molar-refractivity contribution in [3.8, 4) is 11.1 Å². The van der Waals surface area contributed by atoms with Gasteiger partial charge in [-0.15, -0.1) is 0 Å². The molecular formula is C13H7Cl2FO. The lowest BCUT2D eigenvalue weighted by Crippen LogP contribution is -1.91. The van der Waals surface area contributed by atoms with E-state index in [1.165, 1.54) is 6.07 Å². The highest BCUT2D eigenvalue weighted by Crippen LogP contribution is 2.30. The molecule has 2 rings (SSSR count). The van der Waals surface area contributed by atoms with Crippen molar-refractivity contribution in [1.29, 1.82) is 0 Å². The molecule has 0 saturated carbocycles. The summed E-state index contributed by atoms with van der Waals surface area (Å²) in [5.74, 6) is -0.555. The molecule has 1 nitrogen and oxygen atoms in total. The van der Waals surface area contributed by atoms with Crippen molar-refractivity contribution in [1.82, 2.24) is 0 Å². The van der Waals surface area contributed by atoms with Crippen molar-refractivity contribution < 1.29 is 9.18 Å². The SMILES string of the molecule is O=Cc1cccc(-c2ccc(Cl)c(Cl)c2)c1F. The highest BCUT2D eigenvalue weighted by molar-refractivity contribution is 6.42. The van der Waals surface area contributed by atoms with Crippen LogP contribution in [0.15, 0.2) is 36.4 Å². The summed E-state index contributed by atoms with van der Waals surface area (Å²) in [5.41, 5.74) is 0.933. The smallest absolute Gasteiger partial charge is 0.153 e. The highest BCUT2D eigenvalue weighted by Gasteiger charge is 2.10. The van der Waals surface area contributed by atoms with Crippen LogP contribution in [-0.2, 0) is 0 Å². The lowest BCUT2D eigenvalue weighted by Gasteiger charge is -2.06. The monoisotopic (exact) mass is 268 g/mol. The first-order chi connectivity index (χ1) is 8.13. The van der Waals surface area contributed by atoms with Crippen molar-refractivity contribution >= 4 is 29.5 Å². The third kappa shape index (κ3) is 2.33. The summed E-state index contributed by atoms with van der Waals surface area (Å²) in [6.07, 6.45) is 0.482. The van der Waals surface area contributed by atoms with Crippen molar-refractivity contribution in [3.63, 3.8) is 0 Å². The lowest BCUT2D eigenvalue weighted by atomic mass is 10.0. The molecule has 0 aliphatic rings. The van der Waals surface area contributed by atoms with Gasteiger partial charge in [-0.1, -0.05) is 41.4 Å². The van der Waals surface area contributed by atoms with Crippen LogP contribution in [0.4, 0.5) is 4.39 Å². The van der Waals surface area contributed by atoms with E-state index in [0.717, 1.165) is 0 Å². The second kappa shape index (κ2) is 4.86. The van der Waals surface area contributed by atoms with Crippen LogP contribution in [0.2, 0.25) is 10.0 Å². The van der Waals surface area contributed by atoms with Gasteiger partial charge in [-0.3, -0.25) is 4.79 Å². The summed E-state index contributed by atoms with van der Waals surface area (Å²) < 4.78 is 13.9. The van der Waals surface area contributed by atoms with Gasteiger partial charge >= 0.3 is 0 Å². The Labute approximate surface area is 108 Å². The molecule has 17 heavy (non-hydrogen) atoms. The van der Waals surface area contributed by atoms with Gasteiger partial charge in [0.05, 0.1) is 15.6 Å². The van der Waals surface area contributed by atoms with E-state index in [0.29, 0.717) is 27.5 Å². The third-order valence-electron chi connectivity index (χ3n) is 2.39. The topological polar surface area (TPSA) is 17.1 Å². The first-order valence-electron chi connectivity index (χ1n) is 4.82. The minimum atomic E-state index is -0.555. The molecule has 2 aromatic rings. The zero-order valence-corrected chi connectivity index (χ0v) is 10.1. The van der Waals surface area contributed by atoms with Gasteiger partial charge in [0.1, 0.15) is 5.82 Å². The average molecular weight is 269 g/mol. The van der Waals surface area contributed by atoms with Gasteiger partial charge in [0.2, 0.25) is 0 Å². The molecule has 0 heterocycles. The fourth-order valence-electron chi connectivity index (χ4n) is 1.53. The fourth-order valence-corrected chi connectivity index (χ4v) is 1.83. The molecule has 0 aliphatic heterocycles. The molecule has 0 bridgehead atoms. The normalized spacial score (nSPS) is 10.3. The van der Waals surface area contributed by atoms with Gasteiger partial charge in [0, 0.05) is 5.56 Å². The van der Waals surface area contributed by atoms with Gasteiger partial charge in [-0.05, 0) is 23.8 Å². The summed E-state index contributed by atoms with van der Waals surface area (Å²) >= 11 is 11.7.